The molecule has 1 N–H and O–H groups in total. The largest absolute Gasteiger partial charge is 0.495 e. The number of nitrogens with one attached hydrogen (secondary N) is 1. The minimum Gasteiger partial charge on any atom is -0.495 e. The van der Waals surface area contributed by atoms with Gasteiger partial charge in [0.2, 0.25) is 5.91 Å². The molecule has 1 amide bonds. The molecule has 1 rings (SSSR count). The second kappa shape index (κ2) is 8.33. The van der Waals surface area contributed by atoms with Gasteiger partial charge in [-0.3, -0.25) is 4.79 Å². The van der Waals surface area contributed by atoms with Crippen molar-refractivity contribution in [2.45, 2.75) is 31.9 Å². The Kier molecular flexibility index (Phi) is 7.10. The zero-order valence-electron chi connectivity index (χ0n) is 11.5. The lowest BCUT2D eigenvalue weighted by Gasteiger charge is -2.12. The van der Waals surface area contributed by atoms with Gasteiger partial charge < -0.3 is 10.1 Å². The summed E-state index contributed by atoms with van der Waals surface area (Å²) in [7, 11) is 1.56. The maximum Gasteiger partial charge on any atom is 0.237 e. The summed E-state index contributed by atoms with van der Waals surface area (Å²) < 4.78 is 5.07. The Balaban J connectivity index is 2.54. The van der Waals surface area contributed by atoms with Crippen molar-refractivity contribution in [2.75, 3.05) is 18.2 Å². The topological polar surface area (TPSA) is 38.3 Å². The van der Waals surface area contributed by atoms with Crippen LogP contribution in [0.15, 0.2) is 18.2 Å². The molecule has 1 atom stereocenters. The zero-order valence-corrected chi connectivity index (χ0v) is 13.1. The molecule has 5 heteroatoms. The third kappa shape index (κ3) is 5.33. The average Bonchev–Trinajstić information content (AvgIpc) is 2.39. The van der Waals surface area contributed by atoms with E-state index in [2.05, 4.69) is 12.2 Å². The lowest BCUT2D eigenvalue weighted by molar-refractivity contribution is -0.115. The molecular weight excluding hydrogens is 282 g/mol. The van der Waals surface area contributed by atoms with E-state index in [1.54, 1.807) is 37.1 Å². The van der Waals surface area contributed by atoms with Gasteiger partial charge in [0, 0.05) is 5.69 Å². The summed E-state index contributed by atoms with van der Waals surface area (Å²) in [5.74, 6) is 1.61. The smallest absolute Gasteiger partial charge is 0.237 e. The van der Waals surface area contributed by atoms with Crippen LogP contribution in [0.3, 0.4) is 0 Å². The van der Waals surface area contributed by atoms with Crippen LogP contribution in [0, 0.1) is 0 Å². The summed E-state index contributed by atoms with van der Waals surface area (Å²) in [6.45, 7) is 4.06. The Morgan fingerprint density at radius 3 is 2.84 bits per heavy atom. The Morgan fingerprint density at radius 2 is 2.26 bits per heavy atom. The lowest BCUT2D eigenvalue weighted by Crippen LogP contribution is -2.22. The SMILES string of the molecule is CCCCSC(C)C(=O)Nc1ccc(OC)c(Cl)c1. The molecule has 19 heavy (non-hydrogen) atoms. The predicted molar refractivity (Wildman–Crippen MR) is 83.5 cm³/mol. The van der Waals surface area contributed by atoms with E-state index in [4.69, 9.17) is 16.3 Å². The first-order chi connectivity index (χ1) is 9.08. The van der Waals surface area contributed by atoms with E-state index in [1.165, 1.54) is 0 Å². The van der Waals surface area contributed by atoms with Gasteiger partial charge >= 0.3 is 0 Å². The van der Waals surface area contributed by atoms with E-state index in [0.717, 1.165) is 18.6 Å². The number of carbonyl (C=O) groups excluding carboxylic acids is 1. The summed E-state index contributed by atoms with van der Waals surface area (Å²) in [4.78, 5) is 12.0. The van der Waals surface area contributed by atoms with E-state index in [1.807, 2.05) is 6.92 Å². The van der Waals surface area contributed by atoms with Crippen LogP contribution in [0.4, 0.5) is 5.69 Å². The fourth-order valence-electron chi connectivity index (χ4n) is 1.47. The van der Waals surface area contributed by atoms with Crippen molar-refractivity contribution in [3.8, 4) is 5.75 Å². The number of ether oxygens (including phenoxy) is 1. The first-order valence-electron chi connectivity index (χ1n) is 6.34. The first-order valence-corrected chi connectivity index (χ1v) is 7.77. The van der Waals surface area contributed by atoms with Crippen LogP contribution in [-0.4, -0.2) is 24.0 Å². The summed E-state index contributed by atoms with van der Waals surface area (Å²) in [5.41, 5.74) is 0.693. The molecule has 3 nitrogen and oxygen atoms in total. The van der Waals surface area contributed by atoms with Crippen LogP contribution in [-0.2, 0) is 4.79 Å². The quantitative estimate of drug-likeness (QED) is 0.767. The third-order valence-corrected chi connectivity index (χ3v) is 4.19. The van der Waals surface area contributed by atoms with Gasteiger partial charge in [0.1, 0.15) is 5.75 Å². The molecule has 0 aromatic heterocycles. The monoisotopic (exact) mass is 301 g/mol. The number of carbonyl (C=O) groups is 1. The normalized spacial score (nSPS) is 12.0. The highest BCUT2D eigenvalue weighted by Crippen LogP contribution is 2.27. The fourth-order valence-corrected chi connectivity index (χ4v) is 2.75. The summed E-state index contributed by atoms with van der Waals surface area (Å²) in [5, 5.41) is 3.29. The maximum absolute atomic E-state index is 12.0. The van der Waals surface area contributed by atoms with Gasteiger partial charge in [0.05, 0.1) is 17.4 Å². The Hall–Kier alpha value is -0.870. The van der Waals surface area contributed by atoms with Crippen LogP contribution in [0.1, 0.15) is 26.7 Å². The number of thioether (sulfide) groups is 1. The Bertz CT molecular complexity index is 426. The first kappa shape index (κ1) is 16.2. The molecule has 0 bridgehead atoms. The summed E-state index contributed by atoms with van der Waals surface area (Å²) >= 11 is 7.68. The molecule has 106 valence electrons. The van der Waals surface area contributed by atoms with Crippen molar-refractivity contribution in [1.82, 2.24) is 0 Å². The van der Waals surface area contributed by atoms with Gasteiger partial charge in [-0.2, -0.15) is 0 Å². The van der Waals surface area contributed by atoms with E-state index in [-0.39, 0.29) is 11.2 Å². The minimum atomic E-state index is -0.0626. The second-order valence-corrected chi connectivity index (χ2v) is 6.06. The van der Waals surface area contributed by atoms with Crippen LogP contribution in [0.5, 0.6) is 5.75 Å². The van der Waals surface area contributed by atoms with Crippen LogP contribution in [0.2, 0.25) is 5.02 Å². The number of halogens is 1. The number of anilines is 1. The number of hydrogen-bond acceptors (Lipinski definition) is 3. The van der Waals surface area contributed by atoms with Crippen LogP contribution >= 0.6 is 23.4 Å². The number of benzene rings is 1. The molecule has 0 heterocycles. The van der Waals surface area contributed by atoms with Crippen molar-refractivity contribution in [3.05, 3.63) is 23.2 Å². The van der Waals surface area contributed by atoms with Gasteiger partial charge in [-0.25, -0.2) is 0 Å². The van der Waals surface area contributed by atoms with Crippen molar-refractivity contribution >= 4 is 35.0 Å². The standard InChI is InChI=1S/C14H20ClNO2S/c1-4-5-8-19-10(2)14(17)16-11-6-7-13(18-3)12(15)9-11/h6-7,9-10H,4-5,8H2,1-3H3,(H,16,17). The Morgan fingerprint density at radius 1 is 1.53 bits per heavy atom. The molecule has 0 saturated carbocycles. The number of methoxy groups -OCH3 is 1. The molecule has 1 aromatic carbocycles. The molecular formula is C14H20ClNO2S. The lowest BCUT2D eigenvalue weighted by atomic mass is 10.3. The van der Waals surface area contributed by atoms with Crippen molar-refractivity contribution in [1.29, 1.82) is 0 Å². The molecule has 0 fully saturated rings. The number of amides is 1. The molecule has 0 radical (unpaired) electrons. The molecule has 1 aromatic rings. The molecule has 0 spiro atoms. The second-order valence-electron chi connectivity index (χ2n) is 4.21. The van der Waals surface area contributed by atoms with E-state index >= 15 is 0 Å². The number of hydrogen-bond donors (Lipinski definition) is 1. The zero-order chi connectivity index (χ0) is 14.3. The summed E-state index contributed by atoms with van der Waals surface area (Å²) in [6.07, 6.45) is 2.28. The van der Waals surface area contributed by atoms with Crippen LogP contribution < -0.4 is 10.1 Å². The van der Waals surface area contributed by atoms with Crippen molar-refractivity contribution in [3.63, 3.8) is 0 Å². The van der Waals surface area contributed by atoms with E-state index < -0.39 is 0 Å². The molecule has 0 aliphatic carbocycles. The predicted octanol–water partition coefficient (Wildman–Crippen LogP) is 4.21. The highest BCUT2D eigenvalue weighted by molar-refractivity contribution is 8.00. The van der Waals surface area contributed by atoms with Gasteiger partial charge in [-0.15, -0.1) is 11.8 Å². The average molecular weight is 302 g/mol. The molecule has 0 saturated heterocycles. The maximum atomic E-state index is 12.0. The van der Waals surface area contributed by atoms with Gasteiger partial charge in [-0.1, -0.05) is 24.9 Å². The van der Waals surface area contributed by atoms with Gasteiger partial charge in [-0.05, 0) is 37.3 Å². The van der Waals surface area contributed by atoms with Crippen molar-refractivity contribution < 1.29 is 9.53 Å². The van der Waals surface area contributed by atoms with E-state index in [9.17, 15) is 4.79 Å². The fraction of sp³-hybridized carbons (Fsp3) is 0.500. The molecule has 1 unspecified atom stereocenters. The highest BCUT2D eigenvalue weighted by Gasteiger charge is 2.13. The highest BCUT2D eigenvalue weighted by atomic mass is 35.5. The van der Waals surface area contributed by atoms with Gasteiger partial charge in [0.15, 0.2) is 0 Å². The number of rotatable bonds is 7. The minimum absolute atomic E-state index is 0.00216. The van der Waals surface area contributed by atoms with Crippen LogP contribution in [0.25, 0.3) is 0 Å². The van der Waals surface area contributed by atoms with E-state index in [0.29, 0.717) is 16.5 Å². The third-order valence-electron chi connectivity index (χ3n) is 2.65. The summed E-state index contributed by atoms with van der Waals surface area (Å²) in [6, 6.07) is 5.22. The molecule has 0 aliphatic heterocycles. The Labute approximate surface area is 124 Å². The van der Waals surface area contributed by atoms with Gasteiger partial charge in [0.25, 0.3) is 0 Å². The van der Waals surface area contributed by atoms with Crippen molar-refractivity contribution in [2.24, 2.45) is 0 Å². The number of unbranched alkanes of at least 4 members (excludes halogenated alkanes) is 1. The molecule has 0 aliphatic rings.